The van der Waals surface area contributed by atoms with Crippen molar-refractivity contribution in [3.8, 4) is 11.3 Å². The number of nitrogens with zero attached hydrogens (tertiary/aromatic N) is 4. The Hall–Kier alpha value is -4.13. The molecule has 3 N–H and O–H groups in total. The van der Waals surface area contributed by atoms with Crippen LogP contribution in [0.25, 0.3) is 38.7 Å². The molecule has 0 unspecified atom stereocenters. The maximum atomic E-state index is 5.09. The highest BCUT2D eigenvalue weighted by Crippen LogP contribution is 2.30. The number of aryl methyl sites for hydroxylation is 2. The molecule has 0 saturated heterocycles. The number of fused-ring (bicyclic) bond motifs is 5. The predicted octanol–water partition coefficient (Wildman–Crippen LogP) is 5.29. The van der Waals surface area contributed by atoms with Crippen LogP contribution in [-0.4, -0.2) is 36.3 Å². The number of hydrogen-bond donors (Lipinski definition) is 3. The molecule has 6 aromatic rings. The minimum absolute atomic E-state index is 0.811. The number of anilines is 1. The van der Waals surface area contributed by atoms with Crippen molar-refractivity contribution in [2.24, 2.45) is 0 Å². The lowest BCUT2D eigenvalue weighted by Gasteiger charge is -2.12. The first-order valence-electron chi connectivity index (χ1n) is 12.0. The molecule has 0 spiro atoms. The summed E-state index contributed by atoms with van der Waals surface area (Å²) in [5.74, 6) is 0.988. The molecule has 0 radical (unpaired) electrons. The number of hydrogen-bond acceptors (Lipinski definition) is 4. The molecule has 2 aromatic carbocycles. The van der Waals surface area contributed by atoms with Crippen LogP contribution in [0, 0.1) is 0 Å². The number of para-hydroxylation sites is 1. The standard InChI is InChI=1S/C27H25N7/c1-3-7-23-20(5-1)18(15-29-23)11-12-28-26-14-25(17-9-10-22-19(13-17)16-30-32-22)31-27-21-6-2-4-8-24(21)33-34(26)27/h1,3,5,7,9-10,13-16,28-29H,2,4,6,8,11-12H2,(H,30,32). The molecule has 168 valence electrons. The van der Waals surface area contributed by atoms with Gasteiger partial charge in [-0.2, -0.15) is 14.7 Å². The fourth-order valence-electron chi connectivity index (χ4n) is 5.20. The van der Waals surface area contributed by atoms with Gasteiger partial charge >= 0.3 is 0 Å². The normalized spacial score (nSPS) is 13.6. The van der Waals surface area contributed by atoms with E-state index in [1.807, 2.05) is 10.7 Å². The maximum Gasteiger partial charge on any atom is 0.161 e. The van der Waals surface area contributed by atoms with E-state index in [1.54, 1.807) is 0 Å². The summed E-state index contributed by atoms with van der Waals surface area (Å²) >= 11 is 0. The molecule has 7 heteroatoms. The van der Waals surface area contributed by atoms with Crippen LogP contribution in [0.2, 0.25) is 0 Å². The van der Waals surface area contributed by atoms with Crippen molar-refractivity contribution in [3.63, 3.8) is 0 Å². The van der Waals surface area contributed by atoms with Crippen molar-refractivity contribution in [1.29, 1.82) is 0 Å². The minimum Gasteiger partial charge on any atom is -0.370 e. The van der Waals surface area contributed by atoms with E-state index in [2.05, 4.69) is 75.2 Å². The molecule has 0 bridgehead atoms. The van der Waals surface area contributed by atoms with Crippen LogP contribution in [0.15, 0.2) is 60.9 Å². The predicted molar refractivity (Wildman–Crippen MR) is 135 cm³/mol. The van der Waals surface area contributed by atoms with Crippen molar-refractivity contribution in [2.45, 2.75) is 32.1 Å². The van der Waals surface area contributed by atoms with Gasteiger partial charge in [-0.15, -0.1) is 0 Å². The quantitative estimate of drug-likeness (QED) is 0.335. The molecule has 0 fully saturated rings. The van der Waals surface area contributed by atoms with Gasteiger partial charge in [-0.25, -0.2) is 4.98 Å². The van der Waals surface area contributed by atoms with Gasteiger partial charge in [0, 0.05) is 46.2 Å². The molecule has 4 heterocycles. The zero-order chi connectivity index (χ0) is 22.5. The zero-order valence-electron chi connectivity index (χ0n) is 18.8. The number of aromatic nitrogens is 6. The molecule has 7 rings (SSSR count). The number of aromatic amines is 2. The van der Waals surface area contributed by atoms with E-state index in [-0.39, 0.29) is 0 Å². The SMILES string of the molecule is c1ccc2c(CCNc3cc(-c4ccc5[nH]ncc5c4)nc4c5c(nn34)CCCC5)c[nH]c2c1. The first-order valence-corrected chi connectivity index (χ1v) is 12.0. The average Bonchev–Trinajstić information content (AvgIpc) is 3.60. The van der Waals surface area contributed by atoms with Crippen LogP contribution in [0.3, 0.4) is 0 Å². The van der Waals surface area contributed by atoms with Crippen LogP contribution in [0.1, 0.15) is 29.7 Å². The lowest BCUT2D eigenvalue weighted by Crippen LogP contribution is -2.10. The third-order valence-electron chi connectivity index (χ3n) is 6.97. The van der Waals surface area contributed by atoms with Crippen molar-refractivity contribution in [3.05, 3.63) is 77.7 Å². The van der Waals surface area contributed by atoms with Gasteiger partial charge in [0.15, 0.2) is 5.65 Å². The molecule has 1 aliphatic carbocycles. The van der Waals surface area contributed by atoms with Gasteiger partial charge in [0.25, 0.3) is 0 Å². The Morgan fingerprint density at radius 3 is 2.94 bits per heavy atom. The topological polar surface area (TPSA) is 86.7 Å². The Kier molecular flexibility index (Phi) is 4.40. The summed E-state index contributed by atoms with van der Waals surface area (Å²) in [6.07, 6.45) is 9.37. The lowest BCUT2D eigenvalue weighted by atomic mass is 9.98. The molecule has 0 saturated carbocycles. The van der Waals surface area contributed by atoms with E-state index in [1.165, 1.54) is 40.6 Å². The fraction of sp³-hybridized carbons (Fsp3) is 0.222. The van der Waals surface area contributed by atoms with E-state index in [9.17, 15) is 0 Å². The van der Waals surface area contributed by atoms with Gasteiger partial charge in [-0.1, -0.05) is 24.3 Å². The summed E-state index contributed by atoms with van der Waals surface area (Å²) in [6.45, 7) is 0.811. The lowest BCUT2D eigenvalue weighted by molar-refractivity contribution is 0.673. The van der Waals surface area contributed by atoms with Gasteiger partial charge in [-0.3, -0.25) is 5.10 Å². The largest absolute Gasteiger partial charge is 0.370 e. The summed E-state index contributed by atoms with van der Waals surface area (Å²) in [4.78, 5) is 8.47. The summed E-state index contributed by atoms with van der Waals surface area (Å²) in [7, 11) is 0. The second kappa shape index (κ2) is 7.73. The Morgan fingerprint density at radius 2 is 1.94 bits per heavy atom. The van der Waals surface area contributed by atoms with E-state index in [4.69, 9.17) is 10.1 Å². The van der Waals surface area contributed by atoms with Crippen LogP contribution in [0.4, 0.5) is 5.82 Å². The van der Waals surface area contributed by atoms with E-state index < -0.39 is 0 Å². The van der Waals surface area contributed by atoms with E-state index >= 15 is 0 Å². The smallest absolute Gasteiger partial charge is 0.161 e. The average molecular weight is 448 g/mol. The molecule has 4 aromatic heterocycles. The van der Waals surface area contributed by atoms with Crippen LogP contribution in [0.5, 0.6) is 0 Å². The zero-order valence-corrected chi connectivity index (χ0v) is 18.8. The Bertz CT molecular complexity index is 1650. The molecule has 0 aliphatic heterocycles. The molecular formula is C27H25N7. The first kappa shape index (κ1) is 19.3. The van der Waals surface area contributed by atoms with Crippen LogP contribution < -0.4 is 5.32 Å². The molecule has 0 atom stereocenters. The van der Waals surface area contributed by atoms with E-state index in [0.29, 0.717) is 0 Å². The highest BCUT2D eigenvalue weighted by Gasteiger charge is 2.20. The summed E-state index contributed by atoms with van der Waals surface area (Å²) in [5.41, 5.74) is 9.05. The van der Waals surface area contributed by atoms with Crippen molar-refractivity contribution >= 4 is 33.3 Å². The summed E-state index contributed by atoms with van der Waals surface area (Å²) in [6, 6.07) is 16.9. The van der Waals surface area contributed by atoms with E-state index in [0.717, 1.165) is 59.4 Å². The third kappa shape index (κ3) is 3.15. The fourth-order valence-corrected chi connectivity index (χ4v) is 5.20. The Balaban J connectivity index is 1.27. The molecule has 1 aliphatic rings. The number of nitrogens with one attached hydrogen (secondary N) is 3. The summed E-state index contributed by atoms with van der Waals surface area (Å²) < 4.78 is 2.02. The van der Waals surface area contributed by atoms with Gasteiger partial charge in [0.2, 0.25) is 0 Å². The molecule has 7 nitrogen and oxygen atoms in total. The molecule has 0 amide bonds. The van der Waals surface area contributed by atoms with Crippen LogP contribution in [-0.2, 0) is 19.3 Å². The highest BCUT2D eigenvalue weighted by atomic mass is 15.3. The number of rotatable bonds is 5. The molecule has 34 heavy (non-hydrogen) atoms. The Labute approximate surface area is 196 Å². The first-order chi connectivity index (χ1) is 16.8. The number of benzene rings is 2. The monoisotopic (exact) mass is 447 g/mol. The van der Waals surface area contributed by atoms with Crippen molar-refractivity contribution in [2.75, 3.05) is 11.9 Å². The maximum absolute atomic E-state index is 5.09. The minimum atomic E-state index is 0.811. The van der Waals surface area contributed by atoms with Gasteiger partial charge in [0.1, 0.15) is 5.82 Å². The van der Waals surface area contributed by atoms with Crippen molar-refractivity contribution in [1.82, 2.24) is 29.8 Å². The van der Waals surface area contributed by atoms with Crippen LogP contribution >= 0.6 is 0 Å². The second-order valence-corrected chi connectivity index (χ2v) is 9.10. The molecular weight excluding hydrogens is 422 g/mol. The number of H-pyrrole nitrogens is 2. The summed E-state index contributed by atoms with van der Waals surface area (Å²) in [5, 5.41) is 18.2. The second-order valence-electron chi connectivity index (χ2n) is 9.10. The van der Waals surface area contributed by atoms with Gasteiger partial charge < -0.3 is 10.3 Å². The third-order valence-corrected chi connectivity index (χ3v) is 6.97. The highest BCUT2D eigenvalue weighted by molar-refractivity contribution is 5.84. The van der Waals surface area contributed by atoms with Gasteiger partial charge in [0.05, 0.1) is 23.1 Å². The van der Waals surface area contributed by atoms with Crippen molar-refractivity contribution < 1.29 is 0 Å². The van der Waals surface area contributed by atoms with Gasteiger partial charge in [-0.05, 0) is 55.9 Å². The Morgan fingerprint density at radius 1 is 1.00 bits per heavy atom.